The van der Waals surface area contributed by atoms with Gasteiger partial charge in [-0.05, 0) is 36.8 Å². The number of phenolic OH excluding ortho intramolecular Hbond substituents is 1. The summed E-state index contributed by atoms with van der Waals surface area (Å²) in [6, 6.07) is 11.1. The summed E-state index contributed by atoms with van der Waals surface area (Å²) >= 11 is 0. The smallest absolute Gasteiger partial charge is 0.161 e. The standard InChI is InChI=1S/C20H22N4O2/c1-3-6-16(15-7-4-5-10-22-15)23-20-13-21-12-17(24-20)14-8-9-18(25)19(11-14)26-2/h4-5,7-13,16,25H,3,6H2,1-2H3,(H,23,24)/t16-/m0/s1. The molecule has 0 saturated carbocycles. The van der Waals surface area contributed by atoms with Gasteiger partial charge >= 0.3 is 0 Å². The third-order valence-corrected chi connectivity index (χ3v) is 4.05. The van der Waals surface area contributed by atoms with Crippen molar-refractivity contribution in [3.63, 3.8) is 0 Å². The van der Waals surface area contributed by atoms with Crippen LogP contribution in [0.3, 0.4) is 0 Å². The number of rotatable bonds is 7. The van der Waals surface area contributed by atoms with Crippen molar-refractivity contribution in [1.29, 1.82) is 0 Å². The van der Waals surface area contributed by atoms with Gasteiger partial charge in [-0.1, -0.05) is 19.4 Å². The van der Waals surface area contributed by atoms with Crippen LogP contribution in [-0.2, 0) is 0 Å². The van der Waals surface area contributed by atoms with Gasteiger partial charge < -0.3 is 15.2 Å². The molecule has 2 N–H and O–H groups in total. The maximum absolute atomic E-state index is 9.76. The van der Waals surface area contributed by atoms with Crippen LogP contribution in [0.15, 0.2) is 55.0 Å². The van der Waals surface area contributed by atoms with Crippen LogP contribution in [0.1, 0.15) is 31.5 Å². The van der Waals surface area contributed by atoms with E-state index in [-0.39, 0.29) is 11.8 Å². The minimum atomic E-state index is 0.0695. The van der Waals surface area contributed by atoms with E-state index in [0.29, 0.717) is 17.3 Å². The van der Waals surface area contributed by atoms with Crippen molar-refractivity contribution in [2.75, 3.05) is 12.4 Å². The molecule has 1 atom stereocenters. The Bertz CT molecular complexity index is 855. The fourth-order valence-electron chi connectivity index (χ4n) is 2.75. The highest BCUT2D eigenvalue weighted by Gasteiger charge is 2.13. The molecule has 0 aliphatic rings. The van der Waals surface area contributed by atoms with Gasteiger partial charge in [0.15, 0.2) is 11.5 Å². The van der Waals surface area contributed by atoms with Crippen molar-refractivity contribution >= 4 is 5.82 Å². The Morgan fingerprint density at radius 1 is 1.19 bits per heavy atom. The Morgan fingerprint density at radius 3 is 2.81 bits per heavy atom. The predicted octanol–water partition coefficient (Wildman–Crippen LogP) is 4.21. The number of hydrogen-bond acceptors (Lipinski definition) is 6. The number of nitrogens with zero attached hydrogens (tertiary/aromatic N) is 3. The van der Waals surface area contributed by atoms with Gasteiger partial charge in [-0.15, -0.1) is 0 Å². The van der Waals surface area contributed by atoms with Crippen LogP contribution in [0.5, 0.6) is 11.5 Å². The average molecular weight is 350 g/mol. The molecule has 3 rings (SSSR count). The van der Waals surface area contributed by atoms with Gasteiger partial charge in [-0.2, -0.15) is 0 Å². The summed E-state index contributed by atoms with van der Waals surface area (Å²) in [7, 11) is 1.52. The molecular formula is C20H22N4O2. The zero-order valence-electron chi connectivity index (χ0n) is 14.9. The second-order valence-electron chi connectivity index (χ2n) is 5.92. The van der Waals surface area contributed by atoms with E-state index in [1.54, 1.807) is 36.8 Å². The van der Waals surface area contributed by atoms with Crippen LogP contribution in [-0.4, -0.2) is 27.2 Å². The monoisotopic (exact) mass is 350 g/mol. The van der Waals surface area contributed by atoms with E-state index in [4.69, 9.17) is 4.74 Å². The summed E-state index contributed by atoms with van der Waals surface area (Å²) in [5, 5.41) is 13.2. The third-order valence-electron chi connectivity index (χ3n) is 4.05. The summed E-state index contributed by atoms with van der Waals surface area (Å²) in [6.45, 7) is 2.14. The van der Waals surface area contributed by atoms with Crippen molar-refractivity contribution in [2.24, 2.45) is 0 Å². The van der Waals surface area contributed by atoms with Crippen LogP contribution >= 0.6 is 0 Å². The van der Waals surface area contributed by atoms with E-state index >= 15 is 0 Å². The molecule has 0 radical (unpaired) electrons. The van der Waals surface area contributed by atoms with Gasteiger partial charge in [0.2, 0.25) is 0 Å². The largest absolute Gasteiger partial charge is 0.504 e. The number of nitrogens with one attached hydrogen (secondary N) is 1. The van der Waals surface area contributed by atoms with Crippen molar-refractivity contribution in [2.45, 2.75) is 25.8 Å². The molecule has 6 heteroatoms. The third kappa shape index (κ3) is 4.08. The van der Waals surface area contributed by atoms with Gasteiger partial charge in [0, 0.05) is 11.8 Å². The maximum Gasteiger partial charge on any atom is 0.161 e. The number of hydrogen-bond donors (Lipinski definition) is 2. The topological polar surface area (TPSA) is 80.2 Å². The highest BCUT2D eigenvalue weighted by molar-refractivity contribution is 5.64. The quantitative estimate of drug-likeness (QED) is 0.664. The summed E-state index contributed by atoms with van der Waals surface area (Å²) < 4.78 is 5.17. The van der Waals surface area contributed by atoms with Gasteiger partial charge in [0.25, 0.3) is 0 Å². The predicted molar refractivity (Wildman–Crippen MR) is 101 cm³/mol. The Balaban J connectivity index is 1.86. The molecule has 2 aromatic heterocycles. The minimum absolute atomic E-state index is 0.0695. The lowest BCUT2D eigenvalue weighted by molar-refractivity contribution is 0.373. The van der Waals surface area contributed by atoms with Crippen LogP contribution in [0.2, 0.25) is 0 Å². The molecule has 0 unspecified atom stereocenters. The van der Waals surface area contributed by atoms with E-state index in [1.165, 1.54) is 7.11 Å². The molecule has 0 bridgehead atoms. The second-order valence-corrected chi connectivity index (χ2v) is 5.92. The van der Waals surface area contributed by atoms with Crippen LogP contribution < -0.4 is 10.1 Å². The molecule has 0 aliphatic heterocycles. The number of aromatic nitrogens is 3. The Morgan fingerprint density at radius 2 is 2.08 bits per heavy atom. The SMILES string of the molecule is CCC[C@H](Nc1cncc(-c2ccc(O)c(OC)c2)n1)c1ccccn1. The lowest BCUT2D eigenvalue weighted by Gasteiger charge is -2.18. The van der Waals surface area contributed by atoms with E-state index in [9.17, 15) is 5.11 Å². The zero-order valence-corrected chi connectivity index (χ0v) is 14.9. The first-order chi connectivity index (χ1) is 12.7. The summed E-state index contributed by atoms with van der Waals surface area (Å²) in [4.78, 5) is 13.4. The molecule has 0 saturated heterocycles. The molecule has 6 nitrogen and oxygen atoms in total. The second kappa shape index (κ2) is 8.29. The molecule has 0 aliphatic carbocycles. The fraction of sp³-hybridized carbons (Fsp3) is 0.250. The fourth-order valence-corrected chi connectivity index (χ4v) is 2.75. The molecule has 3 aromatic rings. The normalized spacial score (nSPS) is 11.8. The van der Waals surface area contributed by atoms with Crippen molar-refractivity contribution in [1.82, 2.24) is 15.0 Å². The van der Waals surface area contributed by atoms with Gasteiger partial charge in [0.05, 0.1) is 36.9 Å². The molecule has 0 spiro atoms. The summed E-state index contributed by atoms with van der Waals surface area (Å²) in [5.41, 5.74) is 2.50. The maximum atomic E-state index is 9.76. The average Bonchev–Trinajstić information content (AvgIpc) is 2.69. The van der Waals surface area contributed by atoms with Crippen LogP contribution in [0.25, 0.3) is 11.3 Å². The highest BCUT2D eigenvalue weighted by atomic mass is 16.5. The first-order valence-corrected chi connectivity index (χ1v) is 8.58. The summed E-state index contributed by atoms with van der Waals surface area (Å²) in [6.07, 6.45) is 7.15. The van der Waals surface area contributed by atoms with E-state index in [1.807, 2.05) is 18.2 Å². The van der Waals surface area contributed by atoms with Crippen LogP contribution in [0, 0.1) is 0 Å². The van der Waals surface area contributed by atoms with Crippen molar-refractivity contribution in [3.8, 4) is 22.8 Å². The Hall–Kier alpha value is -3.15. The number of methoxy groups -OCH3 is 1. The molecule has 0 fully saturated rings. The highest BCUT2D eigenvalue weighted by Crippen LogP contribution is 2.31. The van der Waals surface area contributed by atoms with Crippen LogP contribution in [0.4, 0.5) is 5.82 Å². The zero-order chi connectivity index (χ0) is 18.4. The lowest BCUT2D eigenvalue weighted by Crippen LogP contribution is -2.13. The molecule has 2 heterocycles. The van der Waals surface area contributed by atoms with Crippen molar-refractivity contribution < 1.29 is 9.84 Å². The number of phenols is 1. The van der Waals surface area contributed by atoms with Gasteiger partial charge in [-0.3, -0.25) is 9.97 Å². The Labute approximate surface area is 152 Å². The number of aromatic hydroxyl groups is 1. The first kappa shape index (κ1) is 17.7. The molecule has 1 aromatic carbocycles. The van der Waals surface area contributed by atoms with E-state index in [2.05, 4.69) is 27.2 Å². The minimum Gasteiger partial charge on any atom is -0.504 e. The molecule has 0 amide bonds. The first-order valence-electron chi connectivity index (χ1n) is 8.58. The summed E-state index contributed by atoms with van der Waals surface area (Å²) in [5.74, 6) is 1.18. The van der Waals surface area contributed by atoms with E-state index in [0.717, 1.165) is 24.1 Å². The number of benzene rings is 1. The Kier molecular flexibility index (Phi) is 5.63. The number of pyridine rings is 1. The lowest BCUT2D eigenvalue weighted by atomic mass is 10.1. The number of anilines is 1. The number of ether oxygens (including phenoxy) is 1. The van der Waals surface area contributed by atoms with Gasteiger partial charge in [-0.25, -0.2) is 4.98 Å². The van der Waals surface area contributed by atoms with Crippen molar-refractivity contribution in [3.05, 3.63) is 60.7 Å². The van der Waals surface area contributed by atoms with E-state index < -0.39 is 0 Å². The van der Waals surface area contributed by atoms with Gasteiger partial charge in [0.1, 0.15) is 5.82 Å². The molecular weight excluding hydrogens is 328 g/mol. The molecule has 26 heavy (non-hydrogen) atoms. The molecule has 134 valence electrons.